The Kier molecular flexibility index (Phi) is 48.5. The lowest BCUT2D eigenvalue weighted by atomic mass is 9.99. The summed E-state index contributed by atoms with van der Waals surface area (Å²) in [5.74, 6) is -0.398. The van der Waals surface area contributed by atoms with Crippen LogP contribution in [0.5, 0.6) is 0 Å². The van der Waals surface area contributed by atoms with Crippen molar-refractivity contribution < 1.29 is 56.2 Å². The molecule has 0 aromatic heterocycles. The summed E-state index contributed by atoms with van der Waals surface area (Å²) in [5, 5.41) is 30.9. The van der Waals surface area contributed by atoms with Gasteiger partial charge in [-0.2, -0.15) is 8.42 Å². The molecule has 13 heteroatoms. The summed E-state index contributed by atoms with van der Waals surface area (Å²) in [7, 11) is -5.07. The van der Waals surface area contributed by atoms with Crippen molar-refractivity contribution in [2.75, 3.05) is 26.4 Å². The van der Waals surface area contributed by atoms with Crippen molar-refractivity contribution in [3.63, 3.8) is 0 Å². The molecule has 0 aromatic rings. The number of allylic oxidation sites excluding steroid dienone is 6. The first-order chi connectivity index (χ1) is 35.6. The fraction of sp³-hybridized carbons (Fsp3) is 0.883. The zero-order chi connectivity index (χ0) is 53.1. The normalized spacial score (nSPS) is 19.0. The maximum Gasteiger partial charge on any atom is 0.397 e. The summed E-state index contributed by atoms with van der Waals surface area (Å²) < 4.78 is 59.5. The Balaban J connectivity index is 2.27. The van der Waals surface area contributed by atoms with Gasteiger partial charge in [-0.05, 0) is 51.4 Å². The highest BCUT2D eigenvalue weighted by Crippen LogP contribution is 2.26. The van der Waals surface area contributed by atoms with Crippen molar-refractivity contribution >= 4 is 16.4 Å². The van der Waals surface area contributed by atoms with Crippen LogP contribution in [0.2, 0.25) is 0 Å². The Labute approximate surface area is 447 Å². The summed E-state index contributed by atoms with van der Waals surface area (Å²) in [6, 6.07) is 0. The average Bonchev–Trinajstić information content (AvgIpc) is 3.37. The van der Waals surface area contributed by atoms with Gasteiger partial charge in [-0.1, -0.05) is 256 Å². The Morgan fingerprint density at radius 3 is 1.32 bits per heavy atom. The minimum atomic E-state index is -5.07. The number of hydrogen-bond acceptors (Lipinski definition) is 11. The van der Waals surface area contributed by atoms with Gasteiger partial charge >= 0.3 is 16.4 Å². The number of ether oxygens (including phenoxy) is 4. The predicted octanol–water partition coefficient (Wildman–Crippen LogP) is 15.3. The SMILES string of the molecule is CCCCCCC/C=C\C/C=C\C/C=C\CCCCCCCCCCCCC(=O)OC(COCCCCCCCCCCCCCCCCCCCCCCC)COC1OC(CO)C(O)C(OS(=O)(=O)O)C1O. The second-order valence-electron chi connectivity index (χ2n) is 20.9. The highest BCUT2D eigenvalue weighted by molar-refractivity contribution is 7.80. The van der Waals surface area contributed by atoms with E-state index in [1.165, 1.54) is 193 Å². The molecule has 1 aliphatic heterocycles. The van der Waals surface area contributed by atoms with Gasteiger partial charge in [-0.25, -0.2) is 4.18 Å². The van der Waals surface area contributed by atoms with Crippen molar-refractivity contribution in [1.82, 2.24) is 0 Å². The molecule has 430 valence electrons. The second kappa shape index (κ2) is 51.1. The van der Waals surface area contributed by atoms with Gasteiger partial charge in [-0.15, -0.1) is 0 Å². The number of unbranched alkanes of at least 4 members (excludes halogenated alkanes) is 35. The Morgan fingerprint density at radius 1 is 0.521 bits per heavy atom. The van der Waals surface area contributed by atoms with E-state index < -0.39 is 59.8 Å². The zero-order valence-corrected chi connectivity index (χ0v) is 47.5. The van der Waals surface area contributed by atoms with Crippen LogP contribution in [0.4, 0.5) is 0 Å². The number of carbonyl (C=O) groups excluding carboxylic acids is 1. The molecule has 1 fully saturated rings. The minimum absolute atomic E-state index is 0.0384. The molecule has 1 heterocycles. The van der Waals surface area contributed by atoms with E-state index in [-0.39, 0.29) is 19.6 Å². The fourth-order valence-electron chi connectivity index (χ4n) is 9.45. The number of esters is 1. The van der Waals surface area contributed by atoms with Crippen molar-refractivity contribution in [2.45, 2.75) is 314 Å². The molecule has 0 saturated carbocycles. The average molecular weight is 1060 g/mol. The zero-order valence-electron chi connectivity index (χ0n) is 46.7. The van der Waals surface area contributed by atoms with E-state index in [1.807, 2.05) is 0 Å². The molecule has 0 spiro atoms. The number of carbonyl (C=O) groups is 1. The summed E-state index contributed by atoms with van der Waals surface area (Å²) in [6.07, 6.45) is 54.7. The molecular formula is C60H112O12S. The summed E-state index contributed by atoms with van der Waals surface area (Å²) in [5.41, 5.74) is 0. The van der Waals surface area contributed by atoms with E-state index in [0.717, 1.165) is 57.8 Å². The van der Waals surface area contributed by atoms with Crippen molar-refractivity contribution in [2.24, 2.45) is 0 Å². The van der Waals surface area contributed by atoms with Gasteiger partial charge in [-0.3, -0.25) is 9.35 Å². The Hall–Kier alpha value is -1.68. The van der Waals surface area contributed by atoms with Gasteiger partial charge in [0.25, 0.3) is 0 Å². The second-order valence-corrected chi connectivity index (χ2v) is 22.0. The third kappa shape index (κ3) is 44.1. The van der Waals surface area contributed by atoms with Gasteiger partial charge in [0, 0.05) is 13.0 Å². The number of hydrogen-bond donors (Lipinski definition) is 4. The van der Waals surface area contributed by atoms with Crippen LogP contribution in [0.1, 0.15) is 277 Å². The fourth-order valence-corrected chi connectivity index (χ4v) is 9.96. The summed E-state index contributed by atoms with van der Waals surface area (Å²) in [6.45, 7) is 4.04. The van der Waals surface area contributed by atoms with Crippen LogP contribution in [0.25, 0.3) is 0 Å². The van der Waals surface area contributed by atoms with Gasteiger partial charge in [0.2, 0.25) is 0 Å². The van der Waals surface area contributed by atoms with Crippen molar-refractivity contribution in [3.05, 3.63) is 36.5 Å². The maximum absolute atomic E-state index is 13.0. The molecule has 4 N–H and O–H groups in total. The van der Waals surface area contributed by atoms with Crippen LogP contribution < -0.4 is 0 Å². The molecule has 6 atom stereocenters. The van der Waals surface area contributed by atoms with E-state index in [2.05, 4.69) is 54.5 Å². The number of aliphatic hydroxyl groups is 3. The topological polar surface area (TPSA) is 178 Å². The van der Waals surface area contributed by atoms with E-state index in [9.17, 15) is 33.1 Å². The molecule has 0 bridgehead atoms. The quantitative estimate of drug-likeness (QED) is 0.0196. The van der Waals surface area contributed by atoms with Crippen LogP contribution in [0.3, 0.4) is 0 Å². The van der Waals surface area contributed by atoms with E-state index in [0.29, 0.717) is 13.0 Å². The smallest absolute Gasteiger partial charge is 0.397 e. The maximum atomic E-state index is 13.0. The van der Waals surface area contributed by atoms with Crippen molar-refractivity contribution in [1.29, 1.82) is 0 Å². The molecule has 0 aliphatic carbocycles. The van der Waals surface area contributed by atoms with Crippen LogP contribution in [-0.2, 0) is 38.3 Å². The van der Waals surface area contributed by atoms with Crippen LogP contribution in [0.15, 0.2) is 36.5 Å². The summed E-state index contributed by atoms with van der Waals surface area (Å²) in [4.78, 5) is 13.0. The van der Waals surface area contributed by atoms with Crippen molar-refractivity contribution in [3.8, 4) is 0 Å². The molecule has 1 saturated heterocycles. The monoisotopic (exact) mass is 1060 g/mol. The number of rotatable bonds is 54. The van der Waals surface area contributed by atoms with Crippen LogP contribution >= 0.6 is 0 Å². The largest absolute Gasteiger partial charge is 0.457 e. The first kappa shape index (κ1) is 69.3. The van der Waals surface area contributed by atoms with Crippen LogP contribution in [0, 0.1) is 0 Å². The minimum Gasteiger partial charge on any atom is -0.457 e. The standard InChI is InChI=1S/C60H112O12S/c1-3-5-7-9-11-13-15-17-19-21-23-25-26-27-28-29-31-33-35-37-39-41-43-45-47-49-56(62)70-54(53-69-60-58(64)59(72-73(65,66)67)57(63)55(51-61)71-60)52-68-50-48-46-44-42-40-38-36-34-32-30-24-22-20-18-16-14-12-10-8-6-4-2/h15,17,21,23,26-27,54-55,57-61,63-64H,3-14,16,18-20,22,24-25,28-53H2,1-2H3,(H,65,66,67)/b17-15-,23-21-,27-26-. The summed E-state index contributed by atoms with van der Waals surface area (Å²) >= 11 is 0. The first-order valence-electron chi connectivity index (χ1n) is 30.2. The molecule has 6 unspecified atom stereocenters. The highest BCUT2D eigenvalue weighted by atomic mass is 32.3. The third-order valence-electron chi connectivity index (χ3n) is 14.0. The van der Waals surface area contributed by atoms with E-state index in [1.54, 1.807) is 0 Å². The lowest BCUT2D eigenvalue weighted by molar-refractivity contribution is -0.301. The molecule has 0 aromatic carbocycles. The lowest BCUT2D eigenvalue weighted by Crippen LogP contribution is -2.60. The highest BCUT2D eigenvalue weighted by Gasteiger charge is 2.48. The Morgan fingerprint density at radius 2 is 0.904 bits per heavy atom. The lowest BCUT2D eigenvalue weighted by Gasteiger charge is -2.41. The molecule has 0 radical (unpaired) electrons. The van der Waals surface area contributed by atoms with Gasteiger partial charge in [0.05, 0.1) is 19.8 Å². The molecule has 73 heavy (non-hydrogen) atoms. The predicted molar refractivity (Wildman–Crippen MR) is 299 cm³/mol. The Bertz CT molecular complexity index is 1410. The first-order valence-corrected chi connectivity index (χ1v) is 31.6. The third-order valence-corrected chi connectivity index (χ3v) is 14.5. The van der Waals surface area contributed by atoms with E-state index in [4.69, 9.17) is 18.9 Å². The molecular weight excluding hydrogens is 945 g/mol. The molecule has 1 rings (SSSR count). The number of aliphatic hydroxyl groups excluding tert-OH is 3. The van der Waals surface area contributed by atoms with Gasteiger partial charge in [0.1, 0.15) is 30.5 Å². The van der Waals surface area contributed by atoms with Crippen LogP contribution in [-0.4, -0.2) is 97.5 Å². The van der Waals surface area contributed by atoms with Gasteiger partial charge in [0.15, 0.2) is 6.29 Å². The molecule has 1 aliphatic rings. The molecule has 12 nitrogen and oxygen atoms in total. The molecule has 0 amide bonds. The van der Waals surface area contributed by atoms with Gasteiger partial charge < -0.3 is 34.3 Å². The van der Waals surface area contributed by atoms with E-state index >= 15 is 0 Å².